The lowest BCUT2D eigenvalue weighted by molar-refractivity contribution is -0.465. The molecule has 152 valence electrons. The second kappa shape index (κ2) is 8.98. The number of aromatic amines is 1. The number of hydrogen-bond acceptors (Lipinski definition) is 3. The molecule has 4 aromatic rings. The number of nitrogens with zero attached hydrogens (tertiary/aromatic N) is 2. The third-order valence-electron chi connectivity index (χ3n) is 5.49. The van der Waals surface area contributed by atoms with Gasteiger partial charge in [0.05, 0.1) is 6.54 Å². The van der Waals surface area contributed by atoms with E-state index >= 15 is 0 Å². The predicted octanol–water partition coefficient (Wildman–Crippen LogP) is 4.52. The third kappa shape index (κ3) is 3.74. The first kappa shape index (κ1) is 19.9. The highest BCUT2D eigenvalue weighted by atomic mass is 16.5. The zero-order chi connectivity index (χ0) is 20.9. The molecule has 2 heterocycles. The summed E-state index contributed by atoms with van der Waals surface area (Å²) in [5.74, 6) is 1.04. The highest BCUT2D eigenvalue weighted by molar-refractivity contribution is 5.78. The summed E-state index contributed by atoms with van der Waals surface area (Å²) >= 11 is 0. The highest BCUT2D eigenvalue weighted by Gasteiger charge is 2.25. The fourth-order valence-corrected chi connectivity index (χ4v) is 3.99. The number of aromatic nitrogens is 2. The van der Waals surface area contributed by atoms with Crippen LogP contribution in [0.1, 0.15) is 35.6 Å². The maximum absolute atomic E-state index is 9.98. The number of hydrogen-bond donors (Lipinski definition) is 2. The Kier molecular flexibility index (Phi) is 5.97. The van der Waals surface area contributed by atoms with Crippen molar-refractivity contribution in [2.75, 3.05) is 25.1 Å². The number of ether oxygens (including phenoxy) is 1. The second-order valence-electron chi connectivity index (χ2n) is 7.40. The summed E-state index contributed by atoms with van der Waals surface area (Å²) < 4.78 is 7.67. The van der Waals surface area contributed by atoms with Crippen molar-refractivity contribution in [2.24, 2.45) is 0 Å². The van der Waals surface area contributed by atoms with Crippen molar-refractivity contribution in [3.8, 4) is 6.07 Å². The summed E-state index contributed by atoms with van der Waals surface area (Å²) in [7, 11) is 0. The van der Waals surface area contributed by atoms with Gasteiger partial charge in [-0.05, 0) is 37.1 Å². The van der Waals surface area contributed by atoms with Crippen LogP contribution in [0.2, 0.25) is 0 Å². The first-order valence-corrected chi connectivity index (χ1v) is 10.5. The smallest absolute Gasteiger partial charge is 0.250 e. The van der Waals surface area contributed by atoms with Crippen LogP contribution >= 0.6 is 0 Å². The van der Waals surface area contributed by atoms with E-state index in [1.807, 2.05) is 32.0 Å². The Morgan fingerprint density at radius 2 is 1.87 bits per heavy atom. The molecule has 0 aliphatic carbocycles. The summed E-state index contributed by atoms with van der Waals surface area (Å²) in [6.07, 6.45) is 1.68. The fourth-order valence-electron chi connectivity index (χ4n) is 3.99. The van der Waals surface area contributed by atoms with Gasteiger partial charge in [-0.15, -0.1) is 0 Å². The van der Waals surface area contributed by atoms with Gasteiger partial charge >= 0.3 is 0 Å². The summed E-state index contributed by atoms with van der Waals surface area (Å²) in [5, 5.41) is 13.6. The summed E-state index contributed by atoms with van der Waals surface area (Å²) in [6.45, 7) is 6.33. The van der Waals surface area contributed by atoms with Crippen LogP contribution in [-0.2, 0) is 11.2 Å². The minimum atomic E-state index is 0.692. The monoisotopic (exact) mass is 399 g/mol. The molecule has 0 spiro atoms. The molecule has 0 saturated carbocycles. The van der Waals surface area contributed by atoms with Gasteiger partial charge < -0.3 is 10.1 Å². The van der Waals surface area contributed by atoms with E-state index in [0.717, 1.165) is 66.2 Å². The Labute approximate surface area is 176 Å². The van der Waals surface area contributed by atoms with E-state index in [-0.39, 0.29) is 0 Å². The number of nitriles is 1. The van der Waals surface area contributed by atoms with E-state index in [1.54, 1.807) is 0 Å². The van der Waals surface area contributed by atoms with Crippen LogP contribution in [0.5, 0.6) is 0 Å². The third-order valence-corrected chi connectivity index (χ3v) is 5.49. The molecule has 2 N–H and O–H groups in total. The maximum atomic E-state index is 9.98. The van der Waals surface area contributed by atoms with E-state index in [9.17, 15) is 5.26 Å². The number of rotatable bonds is 8. The number of nitrogens with one attached hydrogen (secondary N) is 2. The van der Waals surface area contributed by atoms with E-state index < -0.39 is 0 Å². The Balaban J connectivity index is 1.90. The molecule has 0 bridgehead atoms. The van der Waals surface area contributed by atoms with Gasteiger partial charge in [0.25, 0.3) is 0 Å². The first-order valence-electron chi connectivity index (χ1n) is 10.5. The van der Waals surface area contributed by atoms with E-state index in [2.05, 4.69) is 57.2 Å². The second-order valence-corrected chi connectivity index (χ2v) is 7.40. The van der Waals surface area contributed by atoms with Gasteiger partial charge in [0.1, 0.15) is 22.7 Å². The molecule has 5 nitrogen and oxygen atoms in total. The summed E-state index contributed by atoms with van der Waals surface area (Å²) in [5.41, 5.74) is 6.99. The molecule has 30 heavy (non-hydrogen) atoms. The van der Waals surface area contributed by atoms with Gasteiger partial charge in [0.15, 0.2) is 0 Å². The minimum absolute atomic E-state index is 0.692. The van der Waals surface area contributed by atoms with Gasteiger partial charge in [-0.2, -0.15) is 9.66 Å². The van der Waals surface area contributed by atoms with Crippen LogP contribution in [0.4, 0.5) is 5.82 Å². The number of benzene rings is 2. The lowest BCUT2D eigenvalue weighted by Gasteiger charge is -2.14. The van der Waals surface area contributed by atoms with Crippen molar-refractivity contribution in [3.63, 3.8) is 0 Å². The SMILES string of the molecule is CCOCCCNc1c(Cc2ccccc2)c(C)c(C#N)c2[nH]c3ccccc3[n+]12. The molecule has 2 aromatic carbocycles. The Morgan fingerprint density at radius 3 is 2.63 bits per heavy atom. The molecule has 0 saturated heterocycles. The quantitative estimate of drug-likeness (QED) is 0.338. The van der Waals surface area contributed by atoms with Crippen molar-refractivity contribution in [1.29, 1.82) is 5.26 Å². The molecule has 5 heteroatoms. The van der Waals surface area contributed by atoms with Gasteiger partial charge in [-0.25, -0.2) is 0 Å². The zero-order valence-electron chi connectivity index (χ0n) is 17.5. The molecule has 0 fully saturated rings. The number of fused-ring (bicyclic) bond motifs is 3. The molecule has 0 unspecified atom stereocenters. The standard InChI is InChI=1S/C25H26N4O/c1-3-30-15-9-14-27-24-20(16-19-10-5-4-6-11-19)18(2)21(17-26)25-28-22-12-7-8-13-23(22)29(24)25/h4-8,10-13H,3,9,14-16H2,1-2H3,(H,27,28)/p+1. The van der Waals surface area contributed by atoms with Crippen molar-refractivity contribution < 1.29 is 9.14 Å². The Hall–Kier alpha value is -3.36. The zero-order valence-corrected chi connectivity index (χ0v) is 17.5. The minimum Gasteiger partial charge on any atom is -0.382 e. The van der Waals surface area contributed by atoms with Crippen molar-refractivity contribution >= 4 is 22.5 Å². The van der Waals surface area contributed by atoms with E-state index in [4.69, 9.17) is 4.74 Å². The molecule has 4 rings (SSSR count). The lowest BCUT2D eigenvalue weighted by atomic mass is 9.97. The number of imidazole rings is 1. The topological polar surface area (TPSA) is 64.9 Å². The average molecular weight is 400 g/mol. The molecule has 0 aliphatic rings. The van der Waals surface area contributed by atoms with Crippen LogP contribution < -0.4 is 9.72 Å². The summed E-state index contributed by atoms with van der Waals surface area (Å²) in [6, 6.07) is 21.0. The predicted molar refractivity (Wildman–Crippen MR) is 120 cm³/mol. The number of H-pyrrole nitrogens is 1. The van der Waals surface area contributed by atoms with E-state index in [0.29, 0.717) is 5.56 Å². The average Bonchev–Trinajstić information content (AvgIpc) is 3.15. The van der Waals surface area contributed by atoms with Crippen molar-refractivity contribution in [3.05, 3.63) is 76.9 Å². The summed E-state index contributed by atoms with van der Waals surface area (Å²) in [4.78, 5) is 3.46. The van der Waals surface area contributed by atoms with Crippen LogP contribution in [-0.4, -0.2) is 24.7 Å². The van der Waals surface area contributed by atoms with Gasteiger partial charge in [-0.3, -0.25) is 4.98 Å². The number of para-hydroxylation sites is 2. The van der Waals surface area contributed by atoms with E-state index in [1.165, 1.54) is 5.56 Å². The van der Waals surface area contributed by atoms with Crippen molar-refractivity contribution in [2.45, 2.75) is 26.7 Å². The van der Waals surface area contributed by atoms with Gasteiger partial charge in [0.2, 0.25) is 11.5 Å². The fraction of sp³-hybridized carbons (Fsp3) is 0.280. The first-order chi connectivity index (χ1) is 14.7. The molecular formula is C25H27N4O+. The molecule has 0 amide bonds. The highest BCUT2D eigenvalue weighted by Crippen LogP contribution is 2.27. The number of pyridine rings is 1. The molecule has 0 aliphatic heterocycles. The maximum Gasteiger partial charge on any atom is 0.250 e. The van der Waals surface area contributed by atoms with Gasteiger partial charge in [0, 0.05) is 31.6 Å². The normalized spacial score (nSPS) is 11.1. The molecule has 2 aromatic heterocycles. The Morgan fingerprint density at radius 1 is 1.10 bits per heavy atom. The largest absolute Gasteiger partial charge is 0.382 e. The molecule has 0 atom stereocenters. The van der Waals surface area contributed by atoms with Crippen molar-refractivity contribution in [1.82, 2.24) is 4.98 Å². The van der Waals surface area contributed by atoms with Crippen LogP contribution in [0.15, 0.2) is 54.6 Å². The molecule has 0 radical (unpaired) electrons. The molecular weight excluding hydrogens is 372 g/mol. The van der Waals surface area contributed by atoms with Crippen LogP contribution in [0.3, 0.4) is 0 Å². The lowest BCUT2D eigenvalue weighted by Crippen LogP contribution is -2.30. The number of anilines is 1. The van der Waals surface area contributed by atoms with Gasteiger partial charge in [-0.1, -0.05) is 42.5 Å². The van der Waals surface area contributed by atoms with Crippen LogP contribution in [0.25, 0.3) is 16.7 Å². The van der Waals surface area contributed by atoms with Crippen LogP contribution in [0, 0.1) is 18.3 Å². The Bertz CT molecular complexity index is 1200.